The predicted octanol–water partition coefficient (Wildman–Crippen LogP) is 3.09. The standard InChI is InChI=1S/C21H16N4O/c26-16-25-20(22-23-24-25)21(17-10-4-1-5-11-17,18-12-6-2-7-13-18)19-14-8-3-9-15-19/h1-16H. The van der Waals surface area contributed by atoms with Gasteiger partial charge in [-0.3, -0.25) is 4.79 Å². The largest absolute Gasteiger partial charge is 0.276 e. The minimum atomic E-state index is -0.811. The number of carbonyl (C=O) groups excluding carboxylic acids is 1. The second-order valence-corrected chi connectivity index (χ2v) is 5.90. The minimum Gasteiger partial charge on any atom is -0.276 e. The molecule has 0 saturated heterocycles. The number of benzene rings is 3. The van der Waals surface area contributed by atoms with Crippen LogP contribution in [0.2, 0.25) is 0 Å². The molecule has 126 valence electrons. The second kappa shape index (κ2) is 6.72. The summed E-state index contributed by atoms with van der Waals surface area (Å²) in [6, 6.07) is 29.9. The van der Waals surface area contributed by atoms with Crippen LogP contribution in [0.15, 0.2) is 91.0 Å². The molecule has 3 aromatic carbocycles. The first kappa shape index (κ1) is 15.9. The van der Waals surface area contributed by atoms with E-state index in [0.717, 1.165) is 16.7 Å². The van der Waals surface area contributed by atoms with Crippen LogP contribution in [-0.2, 0) is 10.2 Å². The highest BCUT2D eigenvalue weighted by Crippen LogP contribution is 2.43. The molecule has 1 heterocycles. The van der Waals surface area contributed by atoms with Crippen LogP contribution in [0, 0.1) is 0 Å². The summed E-state index contributed by atoms with van der Waals surface area (Å²) in [5.41, 5.74) is 2.13. The minimum absolute atomic E-state index is 0.455. The van der Waals surface area contributed by atoms with E-state index in [1.165, 1.54) is 4.68 Å². The lowest BCUT2D eigenvalue weighted by Crippen LogP contribution is -2.34. The summed E-state index contributed by atoms with van der Waals surface area (Å²) in [4.78, 5) is 11.6. The van der Waals surface area contributed by atoms with E-state index >= 15 is 0 Å². The summed E-state index contributed by atoms with van der Waals surface area (Å²) < 4.78 is 1.20. The Hall–Kier alpha value is -3.60. The number of hydrogen-bond donors (Lipinski definition) is 0. The van der Waals surface area contributed by atoms with Gasteiger partial charge in [-0.1, -0.05) is 91.0 Å². The predicted molar refractivity (Wildman–Crippen MR) is 98.3 cm³/mol. The highest BCUT2D eigenvalue weighted by molar-refractivity contribution is 5.60. The molecule has 0 N–H and O–H groups in total. The van der Waals surface area contributed by atoms with Gasteiger partial charge in [0, 0.05) is 0 Å². The molecule has 5 heteroatoms. The fraction of sp³-hybridized carbons (Fsp3) is 0.0476. The third-order valence-corrected chi connectivity index (χ3v) is 4.55. The first-order chi connectivity index (χ1) is 12.9. The molecule has 0 aliphatic rings. The highest BCUT2D eigenvalue weighted by Gasteiger charge is 2.43. The van der Waals surface area contributed by atoms with Crippen molar-refractivity contribution >= 4 is 6.41 Å². The molecular formula is C21H16N4O. The van der Waals surface area contributed by atoms with Crippen molar-refractivity contribution < 1.29 is 4.79 Å². The number of hydrogen-bond acceptors (Lipinski definition) is 4. The molecule has 1 aromatic heterocycles. The summed E-state index contributed by atoms with van der Waals surface area (Å²) >= 11 is 0. The van der Waals surface area contributed by atoms with Gasteiger partial charge < -0.3 is 0 Å². The van der Waals surface area contributed by atoms with Crippen molar-refractivity contribution in [2.75, 3.05) is 0 Å². The fourth-order valence-electron chi connectivity index (χ4n) is 3.46. The highest BCUT2D eigenvalue weighted by atomic mass is 16.1. The zero-order valence-electron chi connectivity index (χ0n) is 13.9. The van der Waals surface area contributed by atoms with Crippen molar-refractivity contribution in [2.24, 2.45) is 0 Å². The fourth-order valence-corrected chi connectivity index (χ4v) is 3.46. The molecule has 0 spiro atoms. The molecule has 0 saturated carbocycles. The van der Waals surface area contributed by atoms with E-state index in [4.69, 9.17) is 0 Å². The van der Waals surface area contributed by atoms with Crippen molar-refractivity contribution in [3.8, 4) is 0 Å². The van der Waals surface area contributed by atoms with Crippen molar-refractivity contribution in [1.29, 1.82) is 0 Å². The van der Waals surface area contributed by atoms with Crippen molar-refractivity contribution in [2.45, 2.75) is 5.41 Å². The summed E-state index contributed by atoms with van der Waals surface area (Å²) in [7, 11) is 0. The lowest BCUT2D eigenvalue weighted by Gasteiger charge is -2.33. The normalized spacial score (nSPS) is 11.2. The Balaban J connectivity index is 2.16. The van der Waals surface area contributed by atoms with Gasteiger partial charge in [-0.15, -0.1) is 5.10 Å². The maximum absolute atomic E-state index is 11.6. The average molecular weight is 340 g/mol. The van der Waals surface area contributed by atoms with Gasteiger partial charge in [-0.25, -0.2) is 0 Å². The monoisotopic (exact) mass is 340 g/mol. The van der Waals surface area contributed by atoms with E-state index in [0.29, 0.717) is 12.2 Å². The van der Waals surface area contributed by atoms with Crippen LogP contribution in [0.5, 0.6) is 0 Å². The first-order valence-electron chi connectivity index (χ1n) is 8.27. The molecule has 0 aliphatic heterocycles. The Bertz CT molecular complexity index is 901. The summed E-state index contributed by atoms with van der Waals surface area (Å²) in [5, 5.41) is 11.9. The van der Waals surface area contributed by atoms with E-state index in [2.05, 4.69) is 15.5 Å². The molecule has 0 amide bonds. The third kappa shape index (κ3) is 2.41. The summed E-state index contributed by atoms with van der Waals surface area (Å²) in [5.74, 6) is 0.455. The molecule has 0 radical (unpaired) electrons. The topological polar surface area (TPSA) is 60.7 Å². The van der Waals surface area contributed by atoms with Gasteiger partial charge in [-0.05, 0) is 27.1 Å². The zero-order chi connectivity index (χ0) is 17.8. The maximum atomic E-state index is 11.6. The number of rotatable bonds is 5. The van der Waals surface area contributed by atoms with Gasteiger partial charge in [-0.2, -0.15) is 4.68 Å². The van der Waals surface area contributed by atoms with E-state index in [9.17, 15) is 4.79 Å². The number of nitrogens with zero attached hydrogens (tertiary/aromatic N) is 4. The smallest absolute Gasteiger partial charge is 0.237 e. The Morgan fingerprint density at radius 2 is 1.12 bits per heavy atom. The quantitative estimate of drug-likeness (QED) is 0.318. The molecule has 0 atom stereocenters. The number of carbonyl (C=O) groups is 1. The molecule has 4 rings (SSSR count). The first-order valence-corrected chi connectivity index (χ1v) is 8.27. The molecule has 0 bridgehead atoms. The van der Waals surface area contributed by atoms with Crippen LogP contribution in [0.3, 0.4) is 0 Å². The van der Waals surface area contributed by atoms with E-state index in [-0.39, 0.29) is 0 Å². The van der Waals surface area contributed by atoms with Gasteiger partial charge in [0.25, 0.3) is 0 Å². The van der Waals surface area contributed by atoms with Crippen molar-refractivity contribution in [3.63, 3.8) is 0 Å². The second-order valence-electron chi connectivity index (χ2n) is 5.90. The zero-order valence-corrected chi connectivity index (χ0v) is 13.9. The Morgan fingerprint density at radius 3 is 1.50 bits per heavy atom. The molecule has 26 heavy (non-hydrogen) atoms. The van der Waals surface area contributed by atoms with Crippen LogP contribution >= 0.6 is 0 Å². The van der Waals surface area contributed by atoms with Gasteiger partial charge >= 0.3 is 0 Å². The van der Waals surface area contributed by atoms with Gasteiger partial charge in [0.05, 0.1) is 0 Å². The number of aromatic nitrogens is 4. The molecular weight excluding hydrogens is 324 g/mol. The van der Waals surface area contributed by atoms with Crippen molar-refractivity contribution in [3.05, 3.63) is 114 Å². The molecule has 5 nitrogen and oxygen atoms in total. The van der Waals surface area contributed by atoms with E-state index in [1.54, 1.807) is 0 Å². The van der Waals surface area contributed by atoms with Gasteiger partial charge in [0.2, 0.25) is 6.41 Å². The lowest BCUT2D eigenvalue weighted by atomic mass is 9.68. The average Bonchev–Trinajstić information content (AvgIpc) is 3.20. The maximum Gasteiger partial charge on any atom is 0.237 e. The molecule has 0 unspecified atom stereocenters. The lowest BCUT2D eigenvalue weighted by molar-refractivity contribution is 0.529. The summed E-state index contributed by atoms with van der Waals surface area (Å²) in [6.45, 7) is 0. The molecule has 0 aliphatic carbocycles. The van der Waals surface area contributed by atoms with Gasteiger partial charge in [0.15, 0.2) is 5.82 Å². The van der Waals surface area contributed by atoms with Crippen LogP contribution in [0.25, 0.3) is 0 Å². The SMILES string of the molecule is O=Cn1nnnc1C(c1ccccc1)(c1ccccc1)c1ccccc1. The van der Waals surface area contributed by atoms with Crippen molar-refractivity contribution in [1.82, 2.24) is 20.2 Å². The Labute approximate surface area is 150 Å². The molecule has 0 fully saturated rings. The Morgan fingerprint density at radius 1 is 0.692 bits per heavy atom. The van der Waals surface area contributed by atoms with Crippen LogP contribution in [0.1, 0.15) is 22.5 Å². The summed E-state index contributed by atoms with van der Waals surface area (Å²) in [6.07, 6.45) is 0.638. The third-order valence-electron chi connectivity index (χ3n) is 4.55. The van der Waals surface area contributed by atoms with E-state index in [1.807, 2.05) is 91.0 Å². The van der Waals surface area contributed by atoms with Crippen LogP contribution in [0.4, 0.5) is 0 Å². The van der Waals surface area contributed by atoms with Crippen LogP contribution in [-0.4, -0.2) is 26.6 Å². The van der Waals surface area contributed by atoms with E-state index < -0.39 is 5.41 Å². The molecule has 4 aromatic rings. The van der Waals surface area contributed by atoms with Crippen LogP contribution < -0.4 is 0 Å². The van der Waals surface area contributed by atoms with Gasteiger partial charge in [0.1, 0.15) is 5.41 Å². The number of tetrazole rings is 1. The Kier molecular flexibility index (Phi) is 4.11.